The Kier molecular flexibility index (Phi) is 14.4. The maximum Gasteiger partial charge on any atom is 0.306 e. The molecule has 0 aromatic rings. The summed E-state index contributed by atoms with van der Waals surface area (Å²) in [4.78, 5) is 35.5. The van der Waals surface area contributed by atoms with Crippen molar-refractivity contribution < 1.29 is 23.9 Å². The van der Waals surface area contributed by atoms with Crippen LogP contribution >= 0.6 is 0 Å². The molecule has 1 saturated carbocycles. The van der Waals surface area contributed by atoms with Gasteiger partial charge in [-0.15, -0.1) is 11.8 Å². The molecule has 174 valence electrons. The minimum Gasteiger partial charge on any atom is -0.466 e. The highest BCUT2D eigenvalue weighted by Crippen LogP contribution is 2.32. The van der Waals surface area contributed by atoms with Crippen LogP contribution in [0.25, 0.3) is 0 Å². The summed E-state index contributed by atoms with van der Waals surface area (Å²) in [5.41, 5.74) is 0. The number of allylic oxidation sites excluding steroid dienone is 1. The summed E-state index contributed by atoms with van der Waals surface area (Å²) >= 11 is 0. The predicted molar refractivity (Wildman–Crippen MR) is 122 cm³/mol. The quantitative estimate of drug-likeness (QED) is 0.156. The highest BCUT2D eigenvalue weighted by atomic mass is 16.5. The van der Waals surface area contributed by atoms with E-state index in [-0.39, 0.29) is 35.7 Å². The van der Waals surface area contributed by atoms with Gasteiger partial charge in [0.2, 0.25) is 0 Å². The van der Waals surface area contributed by atoms with Crippen molar-refractivity contribution in [3.05, 3.63) is 12.2 Å². The van der Waals surface area contributed by atoms with Crippen LogP contribution in [0.4, 0.5) is 0 Å². The second-order valence-electron chi connectivity index (χ2n) is 8.15. The highest BCUT2D eigenvalue weighted by molar-refractivity contribution is 5.84. The van der Waals surface area contributed by atoms with Gasteiger partial charge in [0, 0.05) is 38.0 Å². The van der Waals surface area contributed by atoms with Gasteiger partial charge >= 0.3 is 11.9 Å². The first kappa shape index (κ1) is 26.9. The van der Waals surface area contributed by atoms with Crippen molar-refractivity contribution in [3.63, 3.8) is 0 Å². The standard InChI is InChI=1S/C26H40O5/c1-4-7-14-22(31-26(29)13-5-2)19-17-21-18-20-24(27)23(21)15-11-9-8-10-12-16-25(28)30-6-3/h17,19,21-23H,4-8,10,12-16,18,20H2,1-3H3/b19-17+. The van der Waals surface area contributed by atoms with Gasteiger partial charge in [-0.25, -0.2) is 0 Å². The van der Waals surface area contributed by atoms with E-state index in [1.807, 2.05) is 13.0 Å². The number of hydrogen-bond acceptors (Lipinski definition) is 5. The van der Waals surface area contributed by atoms with Crippen molar-refractivity contribution in [2.45, 2.75) is 104 Å². The summed E-state index contributed by atoms with van der Waals surface area (Å²) in [6.45, 7) is 6.31. The summed E-state index contributed by atoms with van der Waals surface area (Å²) in [6, 6.07) is 0. The summed E-state index contributed by atoms with van der Waals surface area (Å²) < 4.78 is 10.5. The van der Waals surface area contributed by atoms with Crippen molar-refractivity contribution in [3.8, 4) is 11.8 Å². The largest absolute Gasteiger partial charge is 0.466 e. The monoisotopic (exact) mass is 432 g/mol. The third-order valence-electron chi connectivity index (χ3n) is 5.49. The zero-order valence-corrected chi connectivity index (χ0v) is 19.6. The van der Waals surface area contributed by atoms with E-state index in [1.54, 1.807) is 6.92 Å². The molecule has 0 aromatic carbocycles. The summed E-state index contributed by atoms with van der Waals surface area (Å²) in [5, 5.41) is 0. The Balaban J connectivity index is 2.51. The second kappa shape index (κ2) is 16.6. The Bertz CT molecular complexity index is 640. The molecule has 5 heteroatoms. The van der Waals surface area contributed by atoms with Crippen LogP contribution in [0.3, 0.4) is 0 Å². The van der Waals surface area contributed by atoms with Crippen LogP contribution in [0.15, 0.2) is 12.2 Å². The molecule has 0 bridgehead atoms. The van der Waals surface area contributed by atoms with E-state index in [1.165, 1.54) is 0 Å². The van der Waals surface area contributed by atoms with Gasteiger partial charge < -0.3 is 9.47 Å². The van der Waals surface area contributed by atoms with E-state index in [0.29, 0.717) is 32.3 Å². The fourth-order valence-corrected chi connectivity index (χ4v) is 3.71. The lowest BCUT2D eigenvalue weighted by Crippen LogP contribution is -2.17. The maximum absolute atomic E-state index is 12.3. The molecule has 0 aromatic heterocycles. The normalized spacial score (nSPS) is 19.1. The van der Waals surface area contributed by atoms with Crippen molar-refractivity contribution in [2.75, 3.05) is 6.61 Å². The van der Waals surface area contributed by atoms with Crippen LogP contribution in [-0.4, -0.2) is 30.4 Å². The molecule has 0 aliphatic heterocycles. The molecule has 31 heavy (non-hydrogen) atoms. The predicted octanol–water partition coefficient (Wildman–Crippen LogP) is 5.56. The summed E-state index contributed by atoms with van der Waals surface area (Å²) in [5.74, 6) is 6.38. The van der Waals surface area contributed by atoms with Gasteiger partial charge in [-0.1, -0.05) is 26.3 Å². The van der Waals surface area contributed by atoms with E-state index < -0.39 is 0 Å². The lowest BCUT2D eigenvalue weighted by Gasteiger charge is -2.16. The van der Waals surface area contributed by atoms with Gasteiger partial charge in [-0.3, -0.25) is 14.4 Å². The van der Waals surface area contributed by atoms with Crippen LogP contribution < -0.4 is 0 Å². The smallest absolute Gasteiger partial charge is 0.306 e. The van der Waals surface area contributed by atoms with Crippen LogP contribution in [-0.2, 0) is 23.9 Å². The molecule has 1 aliphatic rings. The lowest BCUT2D eigenvalue weighted by atomic mass is 9.91. The molecule has 0 N–H and O–H groups in total. The molecule has 1 aliphatic carbocycles. The van der Waals surface area contributed by atoms with Crippen LogP contribution in [0.2, 0.25) is 0 Å². The lowest BCUT2D eigenvalue weighted by molar-refractivity contribution is -0.147. The number of ether oxygens (including phenoxy) is 2. The van der Waals surface area contributed by atoms with E-state index in [9.17, 15) is 14.4 Å². The number of rotatable bonds is 14. The fraction of sp³-hybridized carbons (Fsp3) is 0.731. The van der Waals surface area contributed by atoms with Gasteiger partial charge in [0.1, 0.15) is 11.9 Å². The Morgan fingerprint density at radius 2 is 1.87 bits per heavy atom. The molecule has 3 atom stereocenters. The average Bonchev–Trinajstić information content (AvgIpc) is 3.09. The number of carbonyl (C=O) groups is 3. The topological polar surface area (TPSA) is 69.7 Å². The first-order chi connectivity index (χ1) is 15.0. The van der Waals surface area contributed by atoms with Gasteiger partial charge in [0.05, 0.1) is 6.61 Å². The van der Waals surface area contributed by atoms with Gasteiger partial charge in [-0.05, 0) is 57.4 Å². The summed E-state index contributed by atoms with van der Waals surface area (Å²) in [6.07, 6.45) is 12.8. The average molecular weight is 433 g/mol. The van der Waals surface area contributed by atoms with E-state index >= 15 is 0 Å². The van der Waals surface area contributed by atoms with Crippen LogP contribution in [0, 0.1) is 23.7 Å². The molecular weight excluding hydrogens is 392 g/mol. The third kappa shape index (κ3) is 11.8. The number of hydrogen-bond donors (Lipinski definition) is 0. The number of Topliss-reactive ketones (excluding diaryl/α,β-unsaturated/α-hetero) is 1. The summed E-state index contributed by atoms with van der Waals surface area (Å²) in [7, 11) is 0. The Hall–Kier alpha value is -2.09. The minimum atomic E-state index is -0.208. The van der Waals surface area contributed by atoms with Gasteiger partial charge in [0.15, 0.2) is 0 Å². The van der Waals surface area contributed by atoms with Gasteiger partial charge in [0.25, 0.3) is 0 Å². The SMILES string of the molecule is CCCCC(/C=C/C1CCC(=O)C1CC#CCCCCC(=O)OCC)OC(=O)CCC. The van der Waals surface area contributed by atoms with E-state index in [2.05, 4.69) is 24.8 Å². The molecule has 3 unspecified atom stereocenters. The van der Waals surface area contributed by atoms with Crippen LogP contribution in [0.5, 0.6) is 0 Å². The number of unbranched alkanes of at least 4 members (excludes halogenated alkanes) is 3. The molecule has 0 spiro atoms. The molecule has 1 fully saturated rings. The zero-order chi connectivity index (χ0) is 22.9. The molecule has 0 radical (unpaired) electrons. The number of ketones is 1. The van der Waals surface area contributed by atoms with Crippen molar-refractivity contribution in [1.29, 1.82) is 0 Å². The molecule has 1 rings (SSSR count). The van der Waals surface area contributed by atoms with Gasteiger partial charge in [-0.2, -0.15) is 0 Å². The van der Waals surface area contributed by atoms with Crippen molar-refractivity contribution >= 4 is 17.7 Å². The van der Waals surface area contributed by atoms with E-state index in [0.717, 1.165) is 51.4 Å². The van der Waals surface area contributed by atoms with E-state index in [4.69, 9.17) is 9.47 Å². The third-order valence-corrected chi connectivity index (χ3v) is 5.49. The number of esters is 2. The Morgan fingerprint density at radius 1 is 1.06 bits per heavy atom. The number of carbonyl (C=O) groups excluding carboxylic acids is 3. The molecule has 5 nitrogen and oxygen atoms in total. The molecule has 0 saturated heterocycles. The van der Waals surface area contributed by atoms with Crippen molar-refractivity contribution in [1.82, 2.24) is 0 Å². The molecular formula is C26H40O5. The maximum atomic E-state index is 12.3. The first-order valence-corrected chi connectivity index (χ1v) is 12.0. The van der Waals surface area contributed by atoms with Crippen LogP contribution in [0.1, 0.15) is 97.8 Å². The first-order valence-electron chi connectivity index (χ1n) is 12.0. The highest BCUT2D eigenvalue weighted by Gasteiger charge is 2.32. The fourth-order valence-electron chi connectivity index (χ4n) is 3.71. The minimum absolute atomic E-state index is 0.0681. The van der Waals surface area contributed by atoms with Crippen molar-refractivity contribution in [2.24, 2.45) is 11.8 Å². The Morgan fingerprint density at radius 3 is 2.58 bits per heavy atom. The molecule has 0 heterocycles. The Labute approximate surface area is 188 Å². The zero-order valence-electron chi connectivity index (χ0n) is 19.6. The second-order valence-corrected chi connectivity index (χ2v) is 8.15. The molecule has 0 amide bonds.